The zero-order valence-electron chi connectivity index (χ0n) is 26.7. The highest BCUT2D eigenvalue weighted by molar-refractivity contribution is 6.00. The van der Waals surface area contributed by atoms with E-state index in [1.54, 1.807) is 0 Å². The normalized spacial score (nSPS) is 18.0. The average molecular weight is 605 g/mol. The summed E-state index contributed by atoms with van der Waals surface area (Å²) >= 11 is 0. The molecule has 47 heavy (non-hydrogen) atoms. The molecule has 0 saturated heterocycles. The third-order valence-electron chi connectivity index (χ3n) is 10.3. The highest BCUT2D eigenvalue weighted by Crippen LogP contribution is 2.53. The van der Waals surface area contributed by atoms with Crippen LogP contribution in [0.15, 0.2) is 158 Å². The summed E-state index contributed by atoms with van der Waals surface area (Å²) in [6.07, 6.45) is 2.33. The zero-order chi connectivity index (χ0) is 31.5. The van der Waals surface area contributed by atoms with Gasteiger partial charge in [0, 0.05) is 16.7 Å². The van der Waals surface area contributed by atoms with E-state index >= 15 is 0 Å². The standard InChI is InChI=1S/C45H36N2/c1-45(2)39-25-13-24-37(43(39)38-26-31-17-6-7-18-32(31)27-40(38)45)34-21-10-11-22-36(34)42-28-41(46-44(47-42)30-15-4-3-5-16-30)35-23-12-19-29-14-8-9-20-33(29)35/h3-28,41,44,46-47H,1-2H3. The van der Waals surface area contributed by atoms with E-state index in [2.05, 4.69) is 182 Å². The van der Waals surface area contributed by atoms with Crippen molar-refractivity contribution in [3.8, 4) is 22.3 Å². The number of fused-ring (bicyclic) bond motifs is 5. The Labute approximate surface area is 276 Å². The van der Waals surface area contributed by atoms with Crippen molar-refractivity contribution in [1.29, 1.82) is 0 Å². The highest BCUT2D eigenvalue weighted by atomic mass is 15.2. The van der Waals surface area contributed by atoms with Gasteiger partial charge in [-0.05, 0) is 84.3 Å². The molecule has 0 bridgehead atoms. The summed E-state index contributed by atoms with van der Waals surface area (Å²) in [5, 5.41) is 13.0. The van der Waals surface area contributed by atoms with Crippen LogP contribution >= 0.6 is 0 Å². The van der Waals surface area contributed by atoms with E-state index in [4.69, 9.17) is 0 Å². The Morgan fingerprint density at radius 2 is 1.15 bits per heavy atom. The lowest BCUT2D eigenvalue weighted by molar-refractivity contribution is 0.444. The molecule has 0 radical (unpaired) electrons. The maximum atomic E-state index is 3.93. The van der Waals surface area contributed by atoms with Gasteiger partial charge in [0.25, 0.3) is 0 Å². The molecule has 0 amide bonds. The minimum Gasteiger partial charge on any atom is -0.366 e. The minimum atomic E-state index is -0.0935. The van der Waals surface area contributed by atoms with Gasteiger partial charge in [0.1, 0.15) is 6.17 Å². The van der Waals surface area contributed by atoms with E-state index in [0.717, 1.165) is 5.70 Å². The van der Waals surface area contributed by atoms with Crippen molar-refractivity contribution in [2.45, 2.75) is 31.5 Å². The summed E-state index contributed by atoms with van der Waals surface area (Å²) < 4.78 is 0. The Balaban J connectivity index is 1.24. The second kappa shape index (κ2) is 10.8. The minimum absolute atomic E-state index is 0.0168. The first-order chi connectivity index (χ1) is 23.1. The zero-order valence-corrected chi connectivity index (χ0v) is 26.7. The lowest BCUT2D eigenvalue weighted by Gasteiger charge is -2.34. The van der Waals surface area contributed by atoms with Crippen molar-refractivity contribution in [1.82, 2.24) is 10.6 Å². The van der Waals surface area contributed by atoms with Crippen LogP contribution in [0.25, 0.3) is 49.5 Å². The fourth-order valence-electron chi connectivity index (χ4n) is 7.98. The molecule has 226 valence electrons. The Morgan fingerprint density at radius 1 is 0.511 bits per heavy atom. The quantitative estimate of drug-likeness (QED) is 0.209. The summed E-state index contributed by atoms with van der Waals surface area (Å²) in [7, 11) is 0. The lowest BCUT2D eigenvalue weighted by Crippen LogP contribution is -2.39. The number of rotatable bonds is 4. The molecule has 7 aromatic carbocycles. The molecule has 2 unspecified atom stereocenters. The molecule has 0 aromatic heterocycles. The third kappa shape index (κ3) is 4.52. The molecule has 9 rings (SSSR count). The van der Waals surface area contributed by atoms with Gasteiger partial charge in [-0.1, -0.05) is 153 Å². The largest absolute Gasteiger partial charge is 0.366 e. The molecular weight excluding hydrogens is 569 g/mol. The smallest absolute Gasteiger partial charge is 0.104 e. The molecule has 1 aliphatic heterocycles. The van der Waals surface area contributed by atoms with Gasteiger partial charge in [-0.15, -0.1) is 0 Å². The van der Waals surface area contributed by atoms with Crippen LogP contribution in [0.1, 0.15) is 53.9 Å². The van der Waals surface area contributed by atoms with Crippen LogP contribution in [0.3, 0.4) is 0 Å². The molecule has 2 nitrogen and oxygen atoms in total. The van der Waals surface area contributed by atoms with E-state index in [0.29, 0.717) is 0 Å². The van der Waals surface area contributed by atoms with E-state index in [-0.39, 0.29) is 17.6 Å². The van der Waals surface area contributed by atoms with Gasteiger partial charge in [0.05, 0.1) is 6.04 Å². The Morgan fingerprint density at radius 3 is 1.98 bits per heavy atom. The van der Waals surface area contributed by atoms with E-state index < -0.39 is 0 Å². The van der Waals surface area contributed by atoms with Crippen LogP contribution in [0, 0.1) is 0 Å². The fourth-order valence-corrected chi connectivity index (χ4v) is 7.98. The second-order valence-corrected chi connectivity index (χ2v) is 13.4. The van der Waals surface area contributed by atoms with Crippen molar-refractivity contribution >= 4 is 27.2 Å². The lowest BCUT2D eigenvalue weighted by atomic mass is 9.81. The molecule has 2 atom stereocenters. The Kier molecular flexibility index (Phi) is 6.41. The second-order valence-electron chi connectivity index (χ2n) is 13.4. The van der Waals surface area contributed by atoms with Gasteiger partial charge in [-0.25, -0.2) is 0 Å². The van der Waals surface area contributed by atoms with E-state index in [1.807, 2.05) is 0 Å². The number of benzene rings is 7. The van der Waals surface area contributed by atoms with Crippen LogP contribution in [0.4, 0.5) is 0 Å². The first-order valence-corrected chi connectivity index (χ1v) is 16.6. The SMILES string of the molecule is CC1(C)c2cc3ccccc3cc2-c2c(-c3ccccc3C3=CC(c4cccc5ccccc45)NC(c4ccccc4)N3)cccc21. The molecule has 1 heterocycles. The van der Waals surface area contributed by atoms with Crippen LogP contribution in [0.5, 0.6) is 0 Å². The Bertz CT molecular complexity index is 2340. The van der Waals surface area contributed by atoms with Crippen molar-refractivity contribution in [3.05, 3.63) is 186 Å². The Hall–Kier alpha value is -5.44. The fraction of sp³-hybridized carbons (Fsp3) is 0.111. The van der Waals surface area contributed by atoms with Gasteiger partial charge < -0.3 is 5.32 Å². The van der Waals surface area contributed by atoms with Crippen molar-refractivity contribution in [2.24, 2.45) is 0 Å². The monoisotopic (exact) mass is 604 g/mol. The topological polar surface area (TPSA) is 24.1 Å². The molecule has 2 heteroatoms. The predicted molar refractivity (Wildman–Crippen MR) is 197 cm³/mol. The van der Waals surface area contributed by atoms with E-state index in [1.165, 1.54) is 71.6 Å². The van der Waals surface area contributed by atoms with Crippen molar-refractivity contribution in [3.63, 3.8) is 0 Å². The summed E-state index contributed by atoms with van der Waals surface area (Å²) in [5.74, 6) is 0. The summed E-state index contributed by atoms with van der Waals surface area (Å²) in [4.78, 5) is 0. The molecular formula is C45H36N2. The third-order valence-corrected chi connectivity index (χ3v) is 10.3. The molecule has 0 saturated carbocycles. The van der Waals surface area contributed by atoms with Crippen molar-refractivity contribution in [2.75, 3.05) is 0 Å². The van der Waals surface area contributed by atoms with Crippen LogP contribution in [0.2, 0.25) is 0 Å². The van der Waals surface area contributed by atoms with Gasteiger partial charge in [-0.3, -0.25) is 5.32 Å². The van der Waals surface area contributed by atoms with Gasteiger partial charge in [-0.2, -0.15) is 0 Å². The number of hydrogen-bond acceptors (Lipinski definition) is 2. The van der Waals surface area contributed by atoms with Crippen LogP contribution in [-0.4, -0.2) is 0 Å². The maximum Gasteiger partial charge on any atom is 0.104 e. The summed E-state index contributed by atoms with van der Waals surface area (Å²) in [6, 6.07) is 55.5. The molecule has 0 fully saturated rings. The summed E-state index contributed by atoms with van der Waals surface area (Å²) in [5.41, 5.74) is 12.7. The number of hydrogen-bond donors (Lipinski definition) is 2. The predicted octanol–water partition coefficient (Wildman–Crippen LogP) is 10.9. The van der Waals surface area contributed by atoms with Gasteiger partial charge >= 0.3 is 0 Å². The molecule has 7 aromatic rings. The van der Waals surface area contributed by atoms with Crippen LogP contribution in [-0.2, 0) is 5.41 Å². The van der Waals surface area contributed by atoms with Gasteiger partial charge in [0.2, 0.25) is 0 Å². The van der Waals surface area contributed by atoms with Crippen LogP contribution < -0.4 is 10.6 Å². The molecule has 2 aliphatic rings. The van der Waals surface area contributed by atoms with Crippen molar-refractivity contribution < 1.29 is 0 Å². The molecule has 1 aliphatic carbocycles. The van der Waals surface area contributed by atoms with E-state index in [9.17, 15) is 0 Å². The first-order valence-electron chi connectivity index (χ1n) is 16.6. The number of nitrogens with one attached hydrogen (secondary N) is 2. The highest BCUT2D eigenvalue weighted by Gasteiger charge is 2.37. The molecule has 2 N–H and O–H groups in total. The first kappa shape index (κ1) is 27.8. The average Bonchev–Trinajstić information content (AvgIpc) is 3.36. The van der Waals surface area contributed by atoms with Gasteiger partial charge in [0.15, 0.2) is 0 Å². The summed E-state index contributed by atoms with van der Waals surface area (Å²) in [6.45, 7) is 4.75. The molecule has 0 spiro atoms. The maximum absolute atomic E-state index is 3.93.